The number of aryl methyl sites for hydroxylation is 2. The van der Waals surface area contributed by atoms with Gasteiger partial charge in [0.1, 0.15) is 17.7 Å². The minimum atomic E-state index is -0.393. The number of carbonyl (C=O) groups excluding carboxylic acids is 1. The SMILES string of the molecule is Cc1cc(=O)oc2cc(NC(=O)C3CCn4ncnc4C3)ccc12. The second kappa shape index (κ2) is 5.59. The Kier molecular flexibility index (Phi) is 3.41. The monoisotopic (exact) mass is 324 g/mol. The van der Waals surface area contributed by atoms with Crippen LogP contribution in [0.1, 0.15) is 17.8 Å². The van der Waals surface area contributed by atoms with E-state index in [1.165, 1.54) is 12.4 Å². The van der Waals surface area contributed by atoms with E-state index in [0.29, 0.717) is 24.2 Å². The molecule has 1 N–H and O–H groups in total. The quantitative estimate of drug-likeness (QED) is 0.727. The molecule has 3 heterocycles. The van der Waals surface area contributed by atoms with Crippen molar-refractivity contribution in [2.75, 3.05) is 5.32 Å². The second-order valence-corrected chi connectivity index (χ2v) is 6.04. The zero-order valence-corrected chi connectivity index (χ0v) is 13.2. The number of amides is 1. The van der Waals surface area contributed by atoms with Gasteiger partial charge in [0.05, 0.1) is 0 Å². The van der Waals surface area contributed by atoms with Gasteiger partial charge >= 0.3 is 5.63 Å². The summed E-state index contributed by atoms with van der Waals surface area (Å²) in [5.41, 5.74) is 1.55. The van der Waals surface area contributed by atoms with E-state index in [1.54, 1.807) is 6.07 Å². The lowest BCUT2D eigenvalue weighted by Gasteiger charge is -2.21. The van der Waals surface area contributed by atoms with Crippen LogP contribution in [0.5, 0.6) is 0 Å². The number of fused-ring (bicyclic) bond motifs is 2. The average Bonchev–Trinajstić information content (AvgIpc) is 3.01. The highest BCUT2D eigenvalue weighted by Crippen LogP contribution is 2.23. The molecule has 3 aromatic rings. The maximum absolute atomic E-state index is 12.5. The van der Waals surface area contributed by atoms with Crippen molar-refractivity contribution in [3.63, 3.8) is 0 Å². The summed E-state index contributed by atoms with van der Waals surface area (Å²) in [6.07, 6.45) is 2.82. The highest BCUT2D eigenvalue weighted by atomic mass is 16.4. The van der Waals surface area contributed by atoms with Crippen LogP contribution in [-0.4, -0.2) is 20.7 Å². The fraction of sp³-hybridized carbons (Fsp3) is 0.294. The number of aromatic nitrogens is 3. The molecule has 0 aliphatic carbocycles. The van der Waals surface area contributed by atoms with Crippen molar-refractivity contribution in [2.45, 2.75) is 26.3 Å². The van der Waals surface area contributed by atoms with E-state index in [2.05, 4.69) is 15.4 Å². The summed E-state index contributed by atoms with van der Waals surface area (Å²) in [7, 11) is 0. The lowest BCUT2D eigenvalue weighted by molar-refractivity contribution is -0.120. The van der Waals surface area contributed by atoms with Crippen molar-refractivity contribution < 1.29 is 9.21 Å². The molecule has 7 nitrogen and oxygen atoms in total. The standard InChI is InChI=1S/C17H16N4O3/c1-10-6-16(22)24-14-8-12(2-3-13(10)14)20-17(23)11-4-5-21-15(7-11)18-9-19-21/h2-3,6,8-9,11H,4-5,7H2,1H3,(H,20,23). The number of nitrogens with one attached hydrogen (secondary N) is 1. The summed E-state index contributed by atoms with van der Waals surface area (Å²) < 4.78 is 7.05. The largest absolute Gasteiger partial charge is 0.423 e. The van der Waals surface area contributed by atoms with E-state index in [4.69, 9.17) is 4.42 Å². The van der Waals surface area contributed by atoms with Crippen molar-refractivity contribution in [2.24, 2.45) is 5.92 Å². The van der Waals surface area contributed by atoms with Crippen LogP contribution in [0.2, 0.25) is 0 Å². The first kappa shape index (κ1) is 14.6. The van der Waals surface area contributed by atoms with Crippen LogP contribution in [-0.2, 0) is 17.8 Å². The maximum Gasteiger partial charge on any atom is 0.336 e. The summed E-state index contributed by atoms with van der Waals surface area (Å²) in [6, 6.07) is 6.81. The lowest BCUT2D eigenvalue weighted by atomic mass is 9.97. The maximum atomic E-state index is 12.5. The number of carbonyl (C=O) groups is 1. The van der Waals surface area contributed by atoms with Crippen LogP contribution in [0.15, 0.2) is 39.8 Å². The fourth-order valence-electron chi connectivity index (χ4n) is 3.10. The second-order valence-electron chi connectivity index (χ2n) is 6.04. The third kappa shape index (κ3) is 2.58. The topological polar surface area (TPSA) is 90.0 Å². The lowest BCUT2D eigenvalue weighted by Crippen LogP contribution is -2.30. The molecule has 0 saturated heterocycles. The molecule has 7 heteroatoms. The summed E-state index contributed by atoms with van der Waals surface area (Å²) >= 11 is 0. The fourth-order valence-corrected chi connectivity index (χ4v) is 3.10. The summed E-state index contributed by atoms with van der Waals surface area (Å²) in [6.45, 7) is 2.55. The molecule has 122 valence electrons. The zero-order chi connectivity index (χ0) is 16.7. The van der Waals surface area contributed by atoms with Gasteiger partial charge in [0.15, 0.2) is 0 Å². The van der Waals surface area contributed by atoms with E-state index < -0.39 is 5.63 Å². The summed E-state index contributed by atoms with van der Waals surface area (Å²) in [5.74, 6) is 0.641. The van der Waals surface area contributed by atoms with Crippen LogP contribution in [0.3, 0.4) is 0 Å². The van der Waals surface area contributed by atoms with Crippen molar-refractivity contribution in [3.8, 4) is 0 Å². The molecule has 4 rings (SSSR count). The van der Waals surface area contributed by atoms with Crippen LogP contribution in [0.25, 0.3) is 11.0 Å². The Hall–Kier alpha value is -2.96. The van der Waals surface area contributed by atoms with Crippen LogP contribution < -0.4 is 10.9 Å². The number of hydrogen-bond acceptors (Lipinski definition) is 5. The molecule has 1 amide bonds. The minimum Gasteiger partial charge on any atom is -0.423 e. The van der Waals surface area contributed by atoms with Crippen LogP contribution >= 0.6 is 0 Å². The van der Waals surface area contributed by atoms with Crippen LogP contribution in [0.4, 0.5) is 5.69 Å². The van der Waals surface area contributed by atoms with Gasteiger partial charge in [0.25, 0.3) is 0 Å². The molecule has 0 spiro atoms. The molecule has 0 bridgehead atoms. The molecule has 24 heavy (non-hydrogen) atoms. The van der Waals surface area contributed by atoms with Gasteiger partial charge in [0.2, 0.25) is 5.91 Å². The number of nitrogens with zero attached hydrogens (tertiary/aromatic N) is 3. The van der Waals surface area contributed by atoms with Crippen molar-refractivity contribution in [3.05, 3.63) is 52.4 Å². The van der Waals surface area contributed by atoms with Crippen molar-refractivity contribution in [1.82, 2.24) is 14.8 Å². The smallest absolute Gasteiger partial charge is 0.336 e. The Morgan fingerprint density at radius 3 is 3.12 bits per heavy atom. The van der Waals surface area contributed by atoms with E-state index in [-0.39, 0.29) is 11.8 Å². The Balaban J connectivity index is 1.56. The molecular formula is C17H16N4O3. The number of rotatable bonds is 2. The molecular weight excluding hydrogens is 308 g/mol. The highest BCUT2D eigenvalue weighted by molar-refractivity contribution is 5.95. The van der Waals surface area contributed by atoms with Gasteiger partial charge in [-0.25, -0.2) is 9.78 Å². The molecule has 1 aromatic carbocycles. The van der Waals surface area contributed by atoms with Gasteiger partial charge in [0, 0.05) is 42.1 Å². The van der Waals surface area contributed by atoms with Gasteiger partial charge < -0.3 is 9.73 Å². The zero-order valence-electron chi connectivity index (χ0n) is 13.2. The highest BCUT2D eigenvalue weighted by Gasteiger charge is 2.26. The van der Waals surface area contributed by atoms with Gasteiger partial charge in [-0.3, -0.25) is 9.48 Å². The van der Waals surface area contributed by atoms with Gasteiger partial charge in [-0.15, -0.1) is 0 Å². The predicted molar refractivity (Wildman–Crippen MR) is 87.7 cm³/mol. The van der Waals surface area contributed by atoms with Gasteiger partial charge in [-0.05, 0) is 31.0 Å². The molecule has 1 unspecified atom stereocenters. The van der Waals surface area contributed by atoms with Crippen LogP contribution in [0, 0.1) is 12.8 Å². The number of benzene rings is 1. The van der Waals surface area contributed by atoms with E-state index in [9.17, 15) is 9.59 Å². The molecule has 0 radical (unpaired) electrons. The molecule has 0 fully saturated rings. The summed E-state index contributed by atoms with van der Waals surface area (Å²) in [4.78, 5) is 28.2. The first-order chi connectivity index (χ1) is 11.6. The van der Waals surface area contributed by atoms with Gasteiger partial charge in [-0.2, -0.15) is 5.10 Å². The first-order valence-electron chi connectivity index (χ1n) is 7.82. The van der Waals surface area contributed by atoms with Crippen molar-refractivity contribution in [1.29, 1.82) is 0 Å². The number of hydrogen-bond donors (Lipinski definition) is 1. The third-order valence-electron chi connectivity index (χ3n) is 4.40. The average molecular weight is 324 g/mol. The Bertz CT molecular complexity index is 989. The Morgan fingerprint density at radius 1 is 1.38 bits per heavy atom. The molecule has 2 aromatic heterocycles. The Labute approximate surface area is 137 Å². The van der Waals surface area contributed by atoms with Crippen molar-refractivity contribution >= 4 is 22.6 Å². The van der Waals surface area contributed by atoms with E-state index in [1.807, 2.05) is 23.7 Å². The van der Waals surface area contributed by atoms with Gasteiger partial charge in [-0.1, -0.05) is 0 Å². The molecule has 1 aliphatic rings. The summed E-state index contributed by atoms with van der Waals surface area (Å²) in [5, 5.41) is 7.88. The molecule has 0 saturated carbocycles. The van der Waals surface area contributed by atoms with E-state index >= 15 is 0 Å². The molecule has 1 aliphatic heterocycles. The third-order valence-corrected chi connectivity index (χ3v) is 4.40. The Morgan fingerprint density at radius 2 is 2.25 bits per heavy atom. The predicted octanol–water partition coefficient (Wildman–Crippen LogP) is 1.89. The van der Waals surface area contributed by atoms with E-state index in [0.717, 1.165) is 23.2 Å². The molecule has 1 atom stereocenters. The normalized spacial score (nSPS) is 16.8. The number of anilines is 1. The first-order valence-corrected chi connectivity index (χ1v) is 7.82. The minimum absolute atomic E-state index is 0.0569.